The molecule has 0 saturated heterocycles. The Morgan fingerprint density at radius 3 is 2.46 bits per heavy atom. The van der Waals surface area contributed by atoms with Crippen molar-refractivity contribution in [3.63, 3.8) is 0 Å². The fourth-order valence-corrected chi connectivity index (χ4v) is 3.10. The molecule has 2 unspecified atom stereocenters. The van der Waals surface area contributed by atoms with Crippen molar-refractivity contribution < 1.29 is 19.8 Å². The van der Waals surface area contributed by atoms with Crippen molar-refractivity contribution in [2.75, 3.05) is 6.61 Å². The van der Waals surface area contributed by atoms with E-state index in [4.69, 9.17) is 28.9 Å². The summed E-state index contributed by atoms with van der Waals surface area (Å²) in [6.45, 7) is -0.377. The summed E-state index contributed by atoms with van der Waals surface area (Å²) in [6, 6.07) is 10.0. The molecule has 8 heteroatoms. The van der Waals surface area contributed by atoms with E-state index in [1.165, 1.54) is 18.2 Å². The predicted octanol–water partition coefficient (Wildman–Crippen LogP) is 2.51. The van der Waals surface area contributed by atoms with Crippen LogP contribution in [0.1, 0.15) is 29.5 Å². The zero-order valence-electron chi connectivity index (χ0n) is 13.7. The molecule has 2 amide bonds. The summed E-state index contributed by atoms with van der Waals surface area (Å²) < 4.78 is 0. The van der Waals surface area contributed by atoms with Crippen molar-refractivity contribution in [1.29, 1.82) is 0 Å². The monoisotopic (exact) mass is 396 g/mol. The van der Waals surface area contributed by atoms with Crippen LogP contribution in [0.15, 0.2) is 42.5 Å². The number of aliphatic hydroxyl groups is 1. The third kappa shape index (κ3) is 5.11. The van der Waals surface area contributed by atoms with E-state index in [0.29, 0.717) is 16.1 Å². The summed E-state index contributed by atoms with van der Waals surface area (Å²) >= 11 is 12.0. The highest BCUT2D eigenvalue weighted by Gasteiger charge is 2.25. The van der Waals surface area contributed by atoms with Crippen LogP contribution in [-0.4, -0.2) is 28.6 Å². The summed E-state index contributed by atoms with van der Waals surface area (Å²) in [4.78, 5) is 24.2. The van der Waals surface area contributed by atoms with Crippen molar-refractivity contribution >= 4 is 35.0 Å². The molecule has 0 aliphatic heterocycles. The minimum Gasteiger partial charge on any atom is -0.508 e. The Kier molecular flexibility index (Phi) is 6.85. The largest absolute Gasteiger partial charge is 0.508 e. The van der Waals surface area contributed by atoms with Crippen molar-refractivity contribution in [3.05, 3.63) is 63.6 Å². The molecule has 138 valence electrons. The maximum Gasteiger partial charge on any atom is 0.225 e. The third-order valence-corrected chi connectivity index (χ3v) is 4.42. The number of carbonyl (C=O) groups is 2. The summed E-state index contributed by atoms with van der Waals surface area (Å²) in [5.74, 6) is -2.13. The van der Waals surface area contributed by atoms with Crippen LogP contribution in [0.3, 0.4) is 0 Å². The Morgan fingerprint density at radius 1 is 1.15 bits per heavy atom. The topological polar surface area (TPSA) is 113 Å². The Labute approximate surface area is 160 Å². The zero-order valence-corrected chi connectivity index (χ0v) is 15.2. The minimum atomic E-state index is -0.941. The highest BCUT2D eigenvalue weighted by atomic mass is 35.5. The van der Waals surface area contributed by atoms with Crippen LogP contribution in [-0.2, 0) is 9.59 Å². The Bertz CT molecular complexity index is 814. The van der Waals surface area contributed by atoms with Crippen LogP contribution >= 0.6 is 23.2 Å². The molecule has 0 radical (unpaired) electrons. The number of halogens is 2. The lowest BCUT2D eigenvalue weighted by Crippen LogP contribution is -2.34. The average Bonchev–Trinajstić information content (AvgIpc) is 2.58. The molecule has 2 aromatic rings. The summed E-state index contributed by atoms with van der Waals surface area (Å²) in [5, 5.41) is 22.3. The smallest absolute Gasteiger partial charge is 0.225 e. The molecule has 0 aliphatic rings. The first-order valence-corrected chi connectivity index (χ1v) is 8.50. The van der Waals surface area contributed by atoms with Gasteiger partial charge in [0.2, 0.25) is 11.8 Å². The van der Waals surface area contributed by atoms with Crippen LogP contribution < -0.4 is 11.1 Å². The molecule has 2 atom stereocenters. The second kappa shape index (κ2) is 8.89. The summed E-state index contributed by atoms with van der Waals surface area (Å²) in [7, 11) is 0. The molecule has 0 heterocycles. The van der Waals surface area contributed by atoms with Gasteiger partial charge in [-0.05, 0) is 35.4 Å². The maximum absolute atomic E-state index is 12.4. The first-order valence-electron chi connectivity index (χ1n) is 7.75. The van der Waals surface area contributed by atoms with Gasteiger partial charge in [-0.1, -0.05) is 41.4 Å². The second-order valence-corrected chi connectivity index (χ2v) is 6.57. The molecule has 0 bridgehead atoms. The van der Waals surface area contributed by atoms with Crippen LogP contribution in [0.25, 0.3) is 0 Å². The molecule has 0 aromatic heterocycles. The van der Waals surface area contributed by atoms with E-state index in [9.17, 15) is 19.8 Å². The molecule has 26 heavy (non-hydrogen) atoms. The van der Waals surface area contributed by atoms with Gasteiger partial charge in [0.15, 0.2) is 0 Å². The van der Waals surface area contributed by atoms with Gasteiger partial charge in [0, 0.05) is 16.5 Å². The number of hydrogen-bond donors (Lipinski definition) is 4. The highest BCUT2D eigenvalue weighted by molar-refractivity contribution is 6.35. The molecule has 2 aromatic carbocycles. The number of benzene rings is 2. The Balaban J connectivity index is 2.15. The Morgan fingerprint density at radius 2 is 1.88 bits per heavy atom. The van der Waals surface area contributed by atoms with E-state index in [-0.39, 0.29) is 23.8 Å². The number of primary amides is 1. The molecule has 6 nitrogen and oxygen atoms in total. The molecular weight excluding hydrogens is 379 g/mol. The molecule has 2 rings (SSSR count). The van der Waals surface area contributed by atoms with Gasteiger partial charge in [-0.15, -0.1) is 0 Å². The lowest BCUT2D eigenvalue weighted by atomic mass is 9.94. The predicted molar refractivity (Wildman–Crippen MR) is 99.1 cm³/mol. The first kappa shape index (κ1) is 20.0. The number of nitrogens with one attached hydrogen (secondary N) is 1. The van der Waals surface area contributed by atoms with Crippen LogP contribution in [0, 0.1) is 0 Å². The quantitative estimate of drug-likeness (QED) is 0.575. The number of amides is 2. The van der Waals surface area contributed by atoms with E-state index in [0.717, 1.165) is 0 Å². The zero-order chi connectivity index (χ0) is 19.3. The van der Waals surface area contributed by atoms with Crippen LogP contribution in [0.4, 0.5) is 0 Å². The van der Waals surface area contributed by atoms with E-state index >= 15 is 0 Å². The van der Waals surface area contributed by atoms with Crippen LogP contribution in [0.5, 0.6) is 5.75 Å². The van der Waals surface area contributed by atoms with Gasteiger partial charge in [0.1, 0.15) is 5.75 Å². The van der Waals surface area contributed by atoms with Gasteiger partial charge in [-0.2, -0.15) is 0 Å². The van der Waals surface area contributed by atoms with Gasteiger partial charge in [-0.25, -0.2) is 0 Å². The van der Waals surface area contributed by atoms with Gasteiger partial charge in [-0.3, -0.25) is 9.59 Å². The van der Waals surface area contributed by atoms with E-state index in [1.807, 2.05) is 0 Å². The second-order valence-electron chi connectivity index (χ2n) is 5.72. The van der Waals surface area contributed by atoms with Crippen molar-refractivity contribution in [1.82, 2.24) is 5.32 Å². The SMILES string of the molecule is NC(=O)C(CC(=O)NC(CO)c1cccc(O)c1)c1ccc(Cl)cc1Cl. The summed E-state index contributed by atoms with van der Waals surface area (Å²) in [5.41, 5.74) is 6.35. The number of hydrogen-bond acceptors (Lipinski definition) is 4. The first-order chi connectivity index (χ1) is 12.3. The average molecular weight is 397 g/mol. The van der Waals surface area contributed by atoms with E-state index in [1.54, 1.807) is 24.3 Å². The van der Waals surface area contributed by atoms with Crippen molar-refractivity contribution in [2.24, 2.45) is 5.73 Å². The maximum atomic E-state index is 12.4. The molecular formula is C18H18Cl2N2O4. The van der Waals surface area contributed by atoms with Gasteiger partial charge in [0.05, 0.1) is 18.6 Å². The molecule has 0 aliphatic carbocycles. The van der Waals surface area contributed by atoms with Gasteiger partial charge in [0.25, 0.3) is 0 Å². The lowest BCUT2D eigenvalue weighted by Gasteiger charge is -2.20. The number of phenols is 1. The van der Waals surface area contributed by atoms with E-state index < -0.39 is 23.8 Å². The standard InChI is InChI=1S/C18H18Cl2N2O4/c19-11-4-5-13(15(20)7-11)14(18(21)26)8-17(25)22-16(9-23)10-2-1-3-12(24)6-10/h1-7,14,16,23-24H,8-9H2,(H2,21,26)(H,22,25). The number of phenolic OH excluding ortho intramolecular Hbond substituents is 1. The number of rotatable bonds is 7. The molecule has 0 spiro atoms. The number of nitrogens with two attached hydrogens (primary N) is 1. The third-order valence-electron chi connectivity index (χ3n) is 3.86. The lowest BCUT2D eigenvalue weighted by molar-refractivity contribution is -0.126. The van der Waals surface area contributed by atoms with Gasteiger partial charge >= 0.3 is 0 Å². The number of aliphatic hydroxyl groups excluding tert-OH is 1. The van der Waals surface area contributed by atoms with Crippen molar-refractivity contribution in [3.8, 4) is 5.75 Å². The number of aromatic hydroxyl groups is 1. The number of carbonyl (C=O) groups excluding carboxylic acids is 2. The molecule has 0 fully saturated rings. The normalized spacial score (nSPS) is 13.0. The molecule has 5 N–H and O–H groups in total. The fourth-order valence-electron chi connectivity index (χ4n) is 2.56. The summed E-state index contributed by atoms with van der Waals surface area (Å²) in [6.07, 6.45) is -0.244. The van der Waals surface area contributed by atoms with Crippen LogP contribution in [0.2, 0.25) is 10.0 Å². The fraction of sp³-hybridized carbons (Fsp3) is 0.222. The highest BCUT2D eigenvalue weighted by Crippen LogP contribution is 2.30. The van der Waals surface area contributed by atoms with E-state index in [2.05, 4.69) is 5.32 Å². The van der Waals surface area contributed by atoms with Gasteiger partial charge < -0.3 is 21.3 Å². The molecule has 0 saturated carbocycles. The minimum absolute atomic E-state index is 0.0122. The van der Waals surface area contributed by atoms with Crippen molar-refractivity contribution in [2.45, 2.75) is 18.4 Å². The Hall–Kier alpha value is -2.28.